The summed E-state index contributed by atoms with van der Waals surface area (Å²) in [5, 5.41) is 2.99. The minimum atomic E-state index is -0.141. The number of benzene rings is 2. The second kappa shape index (κ2) is 5.50. The van der Waals surface area contributed by atoms with Crippen LogP contribution in [0.4, 0.5) is 0 Å². The van der Waals surface area contributed by atoms with Crippen molar-refractivity contribution < 1.29 is 9.53 Å². The molecule has 20 heavy (non-hydrogen) atoms. The van der Waals surface area contributed by atoms with Gasteiger partial charge in [0.1, 0.15) is 12.4 Å². The number of carbonyl (C=O) groups is 1. The third-order valence-electron chi connectivity index (χ3n) is 3.20. The molecule has 0 saturated heterocycles. The molecule has 0 radical (unpaired) electrons. The summed E-state index contributed by atoms with van der Waals surface area (Å²) in [4.78, 5) is 13.1. The third-order valence-corrected chi connectivity index (χ3v) is 4.17. The molecular formula is C15H12BrNO2S. The molecule has 1 aliphatic rings. The van der Waals surface area contributed by atoms with Gasteiger partial charge in [-0.1, -0.05) is 18.2 Å². The van der Waals surface area contributed by atoms with Crippen molar-refractivity contribution in [3.63, 3.8) is 0 Å². The minimum Gasteiger partial charge on any atom is -0.491 e. The molecule has 1 amide bonds. The Morgan fingerprint density at radius 3 is 2.95 bits per heavy atom. The molecule has 102 valence electrons. The molecule has 0 aromatic heterocycles. The van der Waals surface area contributed by atoms with Crippen molar-refractivity contribution in [1.29, 1.82) is 0 Å². The number of carbonyl (C=O) groups excluding carboxylic acids is 1. The number of para-hydroxylation sites is 1. The molecule has 0 aliphatic carbocycles. The number of hydrogen-bond acceptors (Lipinski definition) is 3. The highest BCUT2D eigenvalue weighted by atomic mass is 79.9. The lowest BCUT2D eigenvalue weighted by atomic mass is 10.1. The van der Waals surface area contributed by atoms with Crippen LogP contribution in [0.15, 0.2) is 51.8 Å². The molecule has 5 heteroatoms. The molecule has 3 nitrogen and oxygen atoms in total. The maximum atomic E-state index is 12.4. The lowest BCUT2D eigenvalue weighted by Gasteiger charge is -2.13. The fourth-order valence-corrected chi connectivity index (χ4v) is 2.84. The largest absolute Gasteiger partial charge is 0.491 e. The van der Waals surface area contributed by atoms with Gasteiger partial charge in [0.2, 0.25) is 0 Å². The molecule has 1 atom stereocenters. The number of amides is 1. The Morgan fingerprint density at radius 1 is 1.30 bits per heavy atom. The Kier molecular flexibility index (Phi) is 3.72. The summed E-state index contributed by atoms with van der Waals surface area (Å²) in [7, 11) is 0. The van der Waals surface area contributed by atoms with Crippen LogP contribution in [0, 0.1) is 0 Å². The van der Waals surface area contributed by atoms with Gasteiger partial charge < -0.3 is 10.1 Å². The van der Waals surface area contributed by atoms with Gasteiger partial charge in [-0.15, -0.1) is 12.6 Å². The number of hydrogen-bond donors (Lipinski definition) is 2. The van der Waals surface area contributed by atoms with Crippen molar-refractivity contribution in [2.24, 2.45) is 0 Å². The van der Waals surface area contributed by atoms with Crippen LogP contribution in [0.2, 0.25) is 0 Å². The van der Waals surface area contributed by atoms with E-state index in [1.165, 1.54) is 0 Å². The van der Waals surface area contributed by atoms with Gasteiger partial charge >= 0.3 is 0 Å². The zero-order chi connectivity index (χ0) is 14.1. The van der Waals surface area contributed by atoms with Gasteiger partial charge in [0, 0.05) is 14.9 Å². The minimum absolute atomic E-state index is 0.117. The second-order valence-electron chi connectivity index (χ2n) is 4.54. The van der Waals surface area contributed by atoms with Gasteiger partial charge in [-0.25, -0.2) is 0 Å². The summed E-state index contributed by atoms with van der Waals surface area (Å²) in [5.74, 6) is 0.692. The van der Waals surface area contributed by atoms with Crippen LogP contribution in [-0.2, 0) is 0 Å². The summed E-state index contributed by atoms with van der Waals surface area (Å²) in [6, 6.07) is 13.0. The lowest BCUT2D eigenvalue weighted by molar-refractivity contribution is 0.0929. The monoisotopic (exact) mass is 349 g/mol. The molecule has 1 unspecified atom stereocenters. The first kappa shape index (κ1) is 13.5. The quantitative estimate of drug-likeness (QED) is 0.813. The first-order valence-corrected chi connectivity index (χ1v) is 7.40. The Balaban J connectivity index is 1.82. The zero-order valence-corrected chi connectivity index (χ0v) is 12.9. The molecule has 2 aromatic carbocycles. The summed E-state index contributed by atoms with van der Waals surface area (Å²) >= 11 is 7.65. The van der Waals surface area contributed by atoms with Gasteiger partial charge in [-0.05, 0) is 40.2 Å². The van der Waals surface area contributed by atoms with Crippen molar-refractivity contribution in [3.05, 3.63) is 58.1 Å². The van der Waals surface area contributed by atoms with Crippen LogP contribution >= 0.6 is 28.6 Å². The molecule has 1 N–H and O–H groups in total. The molecule has 3 rings (SSSR count). The highest BCUT2D eigenvalue weighted by Crippen LogP contribution is 2.32. The standard InChI is InChI=1S/C15H12BrNO2S/c16-12-6-5-9(20)7-11(12)15(18)17-13-8-19-14-4-2-1-3-10(13)14/h1-7,13,20H,8H2,(H,17,18). The number of ether oxygens (including phenoxy) is 1. The smallest absolute Gasteiger partial charge is 0.253 e. The Hall–Kier alpha value is -1.46. The van der Waals surface area contributed by atoms with Gasteiger partial charge in [-0.3, -0.25) is 4.79 Å². The van der Waals surface area contributed by atoms with Crippen LogP contribution in [0.25, 0.3) is 0 Å². The van der Waals surface area contributed by atoms with Crippen molar-refractivity contribution in [3.8, 4) is 5.75 Å². The molecule has 1 heterocycles. The predicted molar refractivity (Wildman–Crippen MR) is 83.5 cm³/mol. The fourth-order valence-electron chi connectivity index (χ4n) is 2.21. The number of halogens is 1. The molecule has 2 aromatic rings. The van der Waals surface area contributed by atoms with E-state index >= 15 is 0 Å². The van der Waals surface area contributed by atoms with E-state index in [0.29, 0.717) is 12.2 Å². The summed E-state index contributed by atoms with van der Waals surface area (Å²) in [5.41, 5.74) is 1.58. The molecule has 0 spiro atoms. The number of nitrogens with one attached hydrogen (secondary N) is 1. The Morgan fingerprint density at radius 2 is 2.10 bits per heavy atom. The lowest BCUT2D eigenvalue weighted by Crippen LogP contribution is -2.29. The molecule has 0 bridgehead atoms. The molecule has 0 fully saturated rings. The van der Waals surface area contributed by atoms with Crippen LogP contribution in [0.1, 0.15) is 22.0 Å². The number of rotatable bonds is 2. The average molecular weight is 350 g/mol. The molecular weight excluding hydrogens is 338 g/mol. The normalized spacial score (nSPS) is 16.4. The van der Waals surface area contributed by atoms with Gasteiger partial charge in [-0.2, -0.15) is 0 Å². The van der Waals surface area contributed by atoms with E-state index in [0.717, 1.165) is 20.7 Å². The first-order chi connectivity index (χ1) is 9.65. The highest BCUT2D eigenvalue weighted by molar-refractivity contribution is 9.10. The topological polar surface area (TPSA) is 38.3 Å². The number of fused-ring (bicyclic) bond motifs is 1. The van der Waals surface area contributed by atoms with E-state index in [2.05, 4.69) is 33.9 Å². The van der Waals surface area contributed by atoms with Gasteiger partial charge in [0.05, 0.1) is 11.6 Å². The van der Waals surface area contributed by atoms with Crippen LogP contribution in [-0.4, -0.2) is 12.5 Å². The summed E-state index contributed by atoms with van der Waals surface area (Å²) < 4.78 is 6.31. The maximum absolute atomic E-state index is 12.4. The summed E-state index contributed by atoms with van der Waals surface area (Å²) in [6.07, 6.45) is 0. The van der Waals surface area contributed by atoms with Crippen LogP contribution in [0.3, 0.4) is 0 Å². The van der Waals surface area contributed by atoms with E-state index < -0.39 is 0 Å². The van der Waals surface area contributed by atoms with Gasteiger partial charge in [0.15, 0.2) is 0 Å². The van der Waals surface area contributed by atoms with Crippen molar-refractivity contribution in [1.82, 2.24) is 5.32 Å². The first-order valence-electron chi connectivity index (χ1n) is 6.16. The maximum Gasteiger partial charge on any atom is 0.253 e. The second-order valence-corrected chi connectivity index (χ2v) is 5.91. The Labute approximate surface area is 130 Å². The average Bonchev–Trinajstić information content (AvgIpc) is 2.85. The summed E-state index contributed by atoms with van der Waals surface area (Å²) in [6.45, 7) is 0.462. The predicted octanol–water partition coefficient (Wildman–Crippen LogP) is 3.60. The highest BCUT2D eigenvalue weighted by Gasteiger charge is 2.25. The van der Waals surface area contributed by atoms with E-state index in [4.69, 9.17) is 4.74 Å². The SMILES string of the molecule is O=C(NC1COc2ccccc21)c1cc(S)ccc1Br. The molecule has 1 aliphatic heterocycles. The zero-order valence-electron chi connectivity index (χ0n) is 10.5. The van der Waals surface area contributed by atoms with Crippen molar-refractivity contribution >= 4 is 34.5 Å². The van der Waals surface area contributed by atoms with E-state index in [9.17, 15) is 4.79 Å². The van der Waals surface area contributed by atoms with Gasteiger partial charge in [0.25, 0.3) is 5.91 Å². The van der Waals surface area contributed by atoms with E-state index in [-0.39, 0.29) is 11.9 Å². The fraction of sp³-hybridized carbons (Fsp3) is 0.133. The van der Waals surface area contributed by atoms with Crippen molar-refractivity contribution in [2.45, 2.75) is 10.9 Å². The van der Waals surface area contributed by atoms with Crippen LogP contribution in [0.5, 0.6) is 5.75 Å². The van der Waals surface area contributed by atoms with Crippen molar-refractivity contribution in [2.75, 3.05) is 6.61 Å². The Bertz CT molecular complexity index is 675. The third kappa shape index (κ3) is 2.55. The van der Waals surface area contributed by atoms with E-state index in [1.54, 1.807) is 6.07 Å². The molecule has 0 saturated carbocycles. The number of thiol groups is 1. The van der Waals surface area contributed by atoms with E-state index in [1.807, 2.05) is 36.4 Å². The van der Waals surface area contributed by atoms with Crippen LogP contribution < -0.4 is 10.1 Å².